The van der Waals surface area contributed by atoms with Crippen LogP contribution in [0.2, 0.25) is 0 Å². The smallest absolute Gasteiger partial charge is 0.232 e. The molecule has 0 aliphatic heterocycles. The van der Waals surface area contributed by atoms with Crippen LogP contribution in [0.25, 0.3) is 0 Å². The largest absolute Gasteiger partial charge is 0.395 e. The maximum absolute atomic E-state index is 9.10. The highest BCUT2D eigenvalue weighted by molar-refractivity contribution is 5.45. The van der Waals surface area contributed by atoms with Crippen molar-refractivity contribution in [3.05, 3.63) is 0 Å². The molecule has 20 heavy (non-hydrogen) atoms. The Morgan fingerprint density at radius 2 is 1.40 bits per heavy atom. The van der Waals surface area contributed by atoms with Gasteiger partial charge in [0.1, 0.15) is 0 Å². The Labute approximate surface area is 119 Å². The summed E-state index contributed by atoms with van der Waals surface area (Å²) < 4.78 is 0. The molecule has 1 heterocycles. The van der Waals surface area contributed by atoms with Crippen molar-refractivity contribution in [1.82, 2.24) is 15.0 Å². The molecule has 0 bridgehead atoms. The van der Waals surface area contributed by atoms with E-state index in [1.807, 2.05) is 18.7 Å². The van der Waals surface area contributed by atoms with Gasteiger partial charge < -0.3 is 25.3 Å². The van der Waals surface area contributed by atoms with Gasteiger partial charge in [-0.1, -0.05) is 0 Å². The lowest BCUT2D eigenvalue weighted by Crippen LogP contribution is -2.33. The van der Waals surface area contributed by atoms with Crippen molar-refractivity contribution in [2.45, 2.75) is 13.8 Å². The molecular formula is C12H24N6O2. The molecule has 0 saturated heterocycles. The normalized spacial score (nSPS) is 10.4. The Bertz CT molecular complexity index is 394. The Hall–Kier alpha value is -1.67. The zero-order valence-corrected chi connectivity index (χ0v) is 12.4. The fourth-order valence-corrected chi connectivity index (χ4v) is 1.81. The minimum atomic E-state index is -0.0266. The fourth-order valence-electron chi connectivity index (χ4n) is 1.81. The van der Waals surface area contributed by atoms with Gasteiger partial charge in [0, 0.05) is 33.2 Å². The topological polar surface area (TPSA) is 97.6 Å². The quantitative estimate of drug-likeness (QED) is 0.561. The molecule has 8 heteroatoms. The molecule has 8 nitrogen and oxygen atoms in total. The number of rotatable bonds is 9. The Balaban J connectivity index is 3.13. The van der Waals surface area contributed by atoms with Crippen molar-refractivity contribution in [1.29, 1.82) is 0 Å². The highest BCUT2D eigenvalue weighted by Gasteiger charge is 2.15. The summed E-state index contributed by atoms with van der Waals surface area (Å²) in [4.78, 5) is 16.8. The van der Waals surface area contributed by atoms with Crippen molar-refractivity contribution < 1.29 is 10.2 Å². The van der Waals surface area contributed by atoms with Crippen molar-refractivity contribution in [3.63, 3.8) is 0 Å². The van der Waals surface area contributed by atoms with Crippen LogP contribution in [0.3, 0.4) is 0 Å². The van der Waals surface area contributed by atoms with Crippen molar-refractivity contribution in [2.24, 2.45) is 0 Å². The van der Waals surface area contributed by atoms with Crippen LogP contribution in [0.4, 0.5) is 17.8 Å². The predicted molar refractivity (Wildman–Crippen MR) is 79.3 cm³/mol. The summed E-state index contributed by atoms with van der Waals surface area (Å²) in [7, 11) is 1.74. The van der Waals surface area contributed by atoms with E-state index in [1.54, 1.807) is 11.9 Å². The molecule has 0 aliphatic rings. The van der Waals surface area contributed by atoms with Gasteiger partial charge >= 0.3 is 0 Å². The van der Waals surface area contributed by atoms with Crippen LogP contribution < -0.4 is 15.1 Å². The van der Waals surface area contributed by atoms with Gasteiger partial charge in [0.05, 0.1) is 13.2 Å². The number of nitrogens with zero attached hydrogens (tertiary/aromatic N) is 5. The molecule has 3 N–H and O–H groups in total. The summed E-state index contributed by atoms with van der Waals surface area (Å²) in [5.41, 5.74) is 0. The van der Waals surface area contributed by atoms with Crippen molar-refractivity contribution >= 4 is 17.8 Å². The average Bonchev–Trinajstić information content (AvgIpc) is 2.48. The zero-order chi connectivity index (χ0) is 15.0. The summed E-state index contributed by atoms with van der Waals surface area (Å²) in [5, 5.41) is 21.1. The highest BCUT2D eigenvalue weighted by Crippen LogP contribution is 2.16. The summed E-state index contributed by atoms with van der Waals surface area (Å²) in [6, 6.07) is 0. The molecule has 0 fully saturated rings. The van der Waals surface area contributed by atoms with E-state index in [0.29, 0.717) is 30.9 Å². The predicted octanol–water partition coefficient (Wildman–Crippen LogP) is -0.449. The van der Waals surface area contributed by atoms with Crippen LogP contribution in [0, 0.1) is 0 Å². The van der Waals surface area contributed by atoms with E-state index in [0.717, 1.165) is 13.1 Å². The third-order valence-corrected chi connectivity index (χ3v) is 2.90. The van der Waals surface area contributed by atoms with E-state index in [4.69, 9.17) is 10.2 Å². The number of hydrogen-bond acceptors (Lipinski definition) is 8. The van der Waals surface area contributed by atoms with Gasteiger partial charge in [0.2, 0.25) is 17.8 Å². The lowest BCUT2D eigenvalue weighted by Gasteiger charge is -2.24. The zero-order valence-electron chi connectivity index (χ0n) is 12.4. The molecule has 1 aromatic heterocycles. The second kappa shape index (κ2) is 8.49. The van der Waals surface area contributed by atoms with Crippen LogP contribution in [0.5, 0.6) is 0 Å². The lowest BCUT2D eigenvalue weighted by atomic mass is 10.5. The SMILES string of the molecule is CCN(CC)c1nc(NC)nc(N(CCO)CCO)n1. The number of hydrogen-bond donors (Lipinski definition) is 3. The highest BCUT2D eigenvalue weighted by atomic mass is 16.3. The second-order valence-corrected chi connectivity index (χ2v) is 4.12. The standard InChI is InChI=1S/C12H24N6O2/c1-4-17(5-2)11-14-10(13-3)15-12(16-11)18(6-8-19)7-9-20/h19-20H,4-9H2,1-3H3,(H,13,14,15,16). The van der Waals surface area contributed by atoms with Gasteiger partial charge in [0.15, 0.2) is 0 Å². The molecular weight excluding hydrogens is 260 g/mol. The summed E-state index contributed by atoms with van der Waals surface area (Å²) >= 11 is 0. The van der Waals surface area contributed by atoms with Gasteiger partial charge in [-0.3, -0.25) is 0 Å². The molecule has 0 amide bonds. The molecule has 0 aliphatic carbocycles. The van der Waals surface area contributed by atoms with Gasteiger partial charge in [0.25, 0.3) is 0 Å². The third-order valence-electron chi connectivity index (χ3n) is 2.90. The monoisotopic (exact) mass is 284 g/mol. The van der Waals surface area contributed by atoms with Crippen LogP contribution in [-0.4, -0.2) is 71.6 Å². The van der Waals surface area contributed by atoms with Gasteiger partial charge in [-0.05, 0) is 13.8 Å². The Morgan fingerprint density at radius 3 is 1.80 bits per heavy atom. The number of aromatic nitrogens is 3. The van der Waals surface area contributed by atoms with Crippen LogP contribution in [-0.2, 0) is 0 Å². The van der Waals surface area contributed by atoms with Crippen LogP contribution >= 0.6 is 0 Å². The first-order valence-electron chi connectivity index (χ1n) is 6.85. The molecule has 0 atom stereocenters. The maximum Gasteiger partial charge on any atom is 0.232 e. The first kappa shape index (κ1) is 16.4. The van der Waals surface area contributed by atoms with Crippen LogP contribution in [0.15, 0.2) is 0 Å². The molecule has 0 saturated carbocycles. The number of aliphatic hydroxyl groups excluding tert-OH is 2. The summed E-state index contributed by atoms with van der Waals surface area (Å²) in [5.74, 6) is 1.51. The Kier molecular flexibility index (Phi) is 6.96. The second-order valence-electron chi connectivity index (χ2n) is 4.12. The maximum atomic E-state index is 9.10. The molecule has 0 aromatic carbocycles. The third kappa shape index (κ3) is 4.17. The molecule has 0 unspecified atom stereocenters. The fraction of sp³-hybridized carbons (Fsp3) is 0.750. The summed E-state index contributed by atoms with van der Waals surface area (Å²) in [6.07, 6.45) is 0. The first-order valence-corrected chi connectivity index (χ1v) is 6.85. The summed E-state index contributed by atoms with van der Waals surface area (Å²) in [6.45, 7) is 6.34. The Morgan fingerprint density at radius 1 is 0.900 bits per heavy atom. The molecule has 1 aromatic rings. The average molecular weight is 284 g/mol. The van der Waals surface area contributed by atoms with Gasteiger partial charge in [-0.15, -0.1) is 0 Å². The van der Waals surface area contributed by atoms with E-state index in [9.17, 15) is 0 Å². The molecule has 1 rings (SSSR count). The number of anilines is 3. The molecule has 0 spiro atoms. The first-order chi connectivity index (χ1) is 9.69. The minimum Gasteiger partial charge on any atom is -0.395 e. The minimum absolute atomic E-state index is 0.0266. The lowest BCUT2D eigenvalue weighted by molar-refractivity contribution is 0.280. The van der Waals surface area contributed by atoms with Gasteiger partial charge in [-0.2, -0.15) is 15.0 Å². The molecule has 0 radical (unpaired) electrons. The van der Waals surface area contributed by atoms with Crippen LogP contribution in [0.1, 0.15) is 13.8 Å². The van der Waals surface area contributed by atoms with Gasteiger partial charge in [-0.25, -0.2) is 0 Å². The van der Waals surface area contributed by atoms with E-state index < -0.39 is 0 Å². The van der Waals surface area contributed by atoms with Crippen molar-refractivity contribution in [2.75, 3.05) is 61.6 Å². The number of nitrogens with one attached hydrogen (secondary N) is 1. The van der Waals surface area contributed by atoms with E-state index in [1.165, 1.54) is 0 Å². The van der Waals surface area contributed by atoms with E-state index in [-0.39, 0.29) is 13.2 Å². The van der Waals surface area contributed by atoms with E-state index >= 15 is 0 Å². The van der Waals surface area contributed by atoms with E-state index in [2.05, 4.69) is 20.3 Å². The number of aliphatic hydroxyl groups is 2. The molecule has 114 valence electrons. The van der Waals surface area contributed by atoms with Crippen molar-refractivity contribution in [3.8, 4) is 0 Å².